The van der Waals surface area contributed by atoms with E-state index in [1.165, 1.54) is 5.56 Å². The first-order valence-electron chi connectivity index (χ1n) is 11.5. The molecule has 2 heterocycles. The first-order valence-corrected chi connectivity index (χ1v) is 12.8. The van der Waals surface area contributed by atoms with E-state index in [0.29, 0.717) is 23.8 Å². The third kappa shape index (κ3) is 5.37. The van der Waals surface area contributed by atoms with Crippen LogP contribution in [0.3, 0.4) is 0 Å². The first kappa shape index (κ1) is 24.5. The van der Waals surface area contributed by atoms with Gasteiger partial charge in [-0.15, -0.1) is 0 Å². The molecule has 1 saturated heterocycles. The summed E-state index contributed by atoms with van der Waals surface area (Å²) in [7, 11) is 3.24. The molecule has 4 rings (SSSR count). The lowest BCUT2D eigenvalue weighted by Gasteiger charge is -2.38. The summed E-state index contributed by atoms with van der Waals surface area (Å²) < 4.78 is 11.1. The SMILES string of the molecule is COc1cc2ncnc(N3CCC(NC(=O)Cc4ccc(C(C)C)cc4)CC3I)c2cc1OC. The number of benzene rings is 2. The number of nitrogens with zero attached hydrogens (tertiary/aromatic N) is 3. The molecule has 2 atom stereocenters. The number of anilines is 1. The molecule has 1 aliphatic heterocycles. The number of hydrogen-bond acceptors (Lipinski definition) is 6. The maximum Gasteiger partial charge on any atom is 0.224 e. The van der Waals surface area contributed by atoms with E-state index in [-0.39, 0.29) is 16.0 Å². The Morgan fingerprint density at radius 1 is 1.15 bits per heavy atom. The van der Waals surface area contributed by atoms with Crippen LogP contribution in [-0.4, -0.2) is 46.7 Å². The van der Waals surface area contributed by atoms with Gasteiger partial charge in [0, 0.05) is 24.0 Å². The van der Waals surface area contributed by atoms with Crippen LogP contribution in [0.4, 0.5) is 5.82 Å². The Kier molecular flexibility index (Phi) is 7.75. The highest BCUT2D eigenvalue weighted by molar-refractivity contribution is 14.1. The van der Waals surface area contributed by atoms with E-state index in [1.807, 2.05) is 12.1 Å². The van der Waals surface area contributed by atoms with Gasteiger partial charge < -0.3 is 19.7 Å². The zero-order chi connectivity index (χ0) is 24.2. The van der Waals surface area contributed by atoms with E-state index < -0.39 is 0 Å². The van der Waals surface area contributed by atoms with Crippen molar-refractivity contribution in [3.63, 3.8) is 0 Å². The second-order valence-electron chi connectivity index (χ2n) is 8.91. The van der Waals surface area contributed by atoms with Crippen molar-refractivity contribution in [3.8, 4) is 11.5 Å². The topological polar surface area (TPSA) is 76.6 Å². The second kappa shape index (κ2) is 10.8. The maximum atomic E-state index is 12.7. The number of carbonyl (C=O) groups is 1. The standard InChI is InChI=1S/C26H31IN4O3/c1-16(2)18-7-5-17(6-8-18)11-25(32)30-19-9-10-31(24(27)12-19)26-20-13-22(33-3)23(34-4)14-21(20)28-15-29-26/h5-8,13-16,19,24H,9-12H2,1-4H3,(H,30,32). The minimum atomic E-state index is 0.0728. The number of ether oxygens (including phenoxy) is 2. The van der Waals surface area contributed by atoms with Crippen LogP contribution in [0.1, 0.15) is 43.7 Å². The van der Waals surface area contributed by atoms with E-state index in [4.69, 9.17) is 9.47 Å². The van der Waals surface area contributed by atoms with Crippen LogP contribution in [0.15, 0.2) is 42.7 Å². The lowest BCUT2D eigenvalue weighted by molar-refractivity contribution is -0.121. The van der Waals surface area contributed by atoms with Crippen LogP contribution in [-0.2, 0) is 11.2 Å². The molecule has 1 N–H and O–H groups in total. The summed E-state index contributed by atoms with van der Waals surface area (Å²) in [6.45, 7) is 5.14. The number of amides is 1. The van der Waals surface area contributed by atoms with E-state index in [0.717, 1.165) is 41.7 Å². The van der Waals surface area contributed by atoms with Crippen molar-refractivity contribution in [2.45, 2.75) is 49.1 Å². The fraction of sp³-hybridized carbons (Fsp3) is 0.423. The second-order valence-corrected chi connectivity index (χ2v) is 10.3. The third-order valence-electron chi connectivity index (χ3n) is 6.30. The fourth-order valence-electron chi connectivity index (χ4n) is 4.37. The summed E-state index contributed by atoms with van der Waals surface area (Å²) in [4.78, 5) is 24.0. The smallest absolute Gasteiger partial charge is 0.224 e. The Labute approximate surface area is 214 Å². The number of piperidine rings is 1. The van der Waals surface area contributed by atoms with E-state index >= 15 is 0 Å². The summed E-state index contributed by atoms with van der Waals surface area (Å²) >= 11 is 2.44. The molecule has 0 radical (unpaired) electrons. The Hall–Kier alpha value is -2.62. The van der Waals surface area contributed by atoms with Gasteiger partial charge in [-0.05, 0) is 36.0 Å². The van der Waals surface area contributed by atoms with Crippen LogP contribution in [0, 0.1) is 0 Å². The highest BCUT2D eigenvalue weighted by atomic mass is 127. The van der Waals surface area contributed by atoms with Gasteiger partial charge in [0.1, 0.15) is 12.1 Å². The molecule has 0 bridgehead atoms. The van der Waals surface area contributed by atoms with Gasteiger partial charge >= 0.3 is 0 Å². The van der Waals surface area contributed by atoms with Gasteiger partial charge in [0.25, 0.3) is 0 Å². The Morgan fingerprint density at radius 3 is 2.50 bits per heavy atom. The number of halogens is 1. The zero-order valence-corrected chi connectivity index (χ0v) is 22.2. The molecule has 7 nitrogen and oxygen atoms in total. The Morgan fingerprint density at radius 2 is 1.85 bits per heavy atom. The van der Waals surface area contributed by atoms with Crippen molar-refractivity contribution in [1.29, 1.82) is 0 Å². The van der Waals surface area contributed by atoms with Crippen molar-refractivity contribution >= 4 is 45.2 Å². The summed E-state index contributed by atoms with van der Waals surface area (Å²) in [5.74, 6) is 2.73. The van der Waals surface area contributed by atoms with Gasteiger partial charge in [-0.25, -0.2) is 9.97 Å². The molecule has 2 aromatic carbocycles. The largest absolute Gasteiger partial charge is 0.493 e. The van der Waals surface area contributed by atoms with E-state index in [9.17, 15) is 4.79 Å². The van der Waals surface area contributed by atoms with Gasteiger partial charge in [-0.3, -0.25) is 4.79 Å². The number of nitrogens with one attached hydrogen (secondary N) is 1. The Balaban J connectivity index is 1.42. The van der Waals surface area contributed by atoms with E-state index in [1.54, 1.807) is 20.5 Å². The normalized spacial score (nSPS) is 18.2. The molecular formula is C26H31IN4O3. The first-order chi connectivity index (χ1) is 16.4. The van der Waals surface area contributed by atoms with E-state index in [2.05, 4.69) is 80.9 Å². The summed E-state index contributed by atoms with van der Waals surface area (Å²) in [5, 5.41) is 4.16. The molecule has 2 unspecified atom stereocenters. The number of methoxy groups -OCH3 is 2. The van der Waals surface area contributed by atoms with Gasteiger partial charge in [0.15, 0.2) is 11.5 Å². The predicted molar refractivity (Wildman–Crippen MR) is 143 cm³/mol. The highest BCUT2D eigenvalue weighted by Gasteiger charge is 2.30. The van der Waals surface area contributed by atoms with Crippen molar-refractivity contribution in [3.05, 3.63) is 53.9 Å². The Bertz CT molecular complexity index is 1150. The molecule has 1 amide bonds. The van der Waals surface area contributed by atoms with Crippen molar-refractivity contribution < 1.29 is 14.3 Å². The molecule has 0 spiro atoms. The maximum absolute atomic E-state index is 12.7. The molecule has 1 aliphatic rings. The minimum absolute atomic E-state index is 0.0728. The van der Waals surface area contributed by atoms with Crippen molar-refractivity contribution in [2.24, 2.45) is 0 Å². The predicted octanol–water partition coefficient (Wildman–Crippen LogP) is 4.86. The molecule has 0 aliphatic carbocycles. The van der Waals surface area contributed by atoms with Crippen LogP contribution >= 0.6 is 22.6 Å². The van der Waals surface area contributed by atoms with Gasteiger partial charge in [0.05, 0.1) is 30.2 Å². The monoisotopic (exact) mass is 574 g/mol. The van der Waals surface area contributed by atoms with Gasteiger partial charge in [-0.2, -0.15) is 0 Å². The average molecular weight is 574 g/mol. The van der Waals surface area contributed by atoms with Crippen LogP contribution in [0.5, 0.6) is 11.5 Å². The molecule has 1 fully saturated rings. The molecule has 8 heteroatoms. The molecule has 1 aromatic heterocycles. The van der Waals surface area contributed by atoms with Gasteiger partial charge in [0.2, 0.25) is 5.91 Å². The zero-order valence-electron chi connectivity index (χ0n) is 20.0. The molecular weight excluding hydrogens is 543 g/mol. The van der Waals surface area contributed by atoms with Gasteiger partial charge in [-0.1, -0.05) is 60.7 Å². The minimum Gasteiger partial charge on any atom is -0.493 e. The number of carbonyl (C=O) groups excluding carboxylic acids is 1. The lowest BCUT2D eigenvalue weighted by Crippen LogP contribution is -2.48. The van der Waals surface area contributed by atoms with Crippen LogP contribution < -0.4 is 19.7 Å². The number of rotatable bonds is 7. The van der Waals surface area contributed by atoms with Crippen LogP contribution in [0.2, 0.25) is 0 Å². The van der Waals surface area contributed by atoms with Crippen molar-refractivity contribution in [2.75, 3.05) is 25.7 Å². The number of hydrogen-bond donors (Lipinski definition) is 1. The van der Waals surface area contributed by atoms with Crippen LogP contribution in [0.25, 0.3) is 10.9 Å². The molecule has 34 heavy (non-hydrogen) atoms. The fourth-order valence-corrected chi connectivity index (χ4v) is 5.52. The molecule has 180 valence electrons. The summed E-state index contributed by atoms with van der Waals surface area (Å²) in [6, 6.07) is 12.3. The lowest BCUT2D eigenvalue weighted by atomic mass is 10.0. The average Bonchev–Trinajstić information content (AvgIpc) is 2.83. The number of aromatic nitrogens is 2. The number of fused-ring (bicyclic) bond motifs is 1. The highest BCUT2D eigenvalue weighted by Crippen LogP contribution is 2.37. The third-order valence-corrected chi connectivity index (χ3v) is 7.48. The number of alkyl halides is 1. The summed E-state index contributed by atoms with van der Waals surface area (Å²) in [6.07, 6.45) is 3.70. The molecule has 3 aromatic rings. The van der Waals surface area contributed by atoms with Crippen molar-refractivity contribution in [1.82, 2.24) is 15.3 Å². The summed E-state index contributed by atoms with van der Waals surface area (Å²) in [5.41, 5.74) is 3.14. The molecule has 0 saturated carbocycles. The quantitative estimate of drug-likeness (QED) is 0.247.